The van der Waals surface area contributed by atoms with Gasteiger partial charge < -0.3 is 14.4 Å². The van der Waals surface area contributed by atoms with Gasteiger partial charge in [0.05, 0.1) is 7.11 Å². The smallest absolute Gasteiger partial charge is 0.387 e. The van der Waals surface area contributed by atoms with Crippen molar-refractivity contribution in [3.8, 4) is 11.5 Å². The van der Waals surface area contributed by atoms with Gasteiger partial charge >= 0.3 is 6.61 Å². The fourth-order valence-corrected chi connectivity index (χ4v) is 4.34. The molecule has 122 valence electrons. The minimum absolute atomic E-state index is 0.108. The standard InChI is InChI=1S/C17H23F2NO2/c1-20-10-9-17(8-4-3-5-15(17)20)12-6-7-13(22-16(18)19)14(11-12)21-2/h6-7,11,15-16H,3-5,8-10H2,1-2H3/t15-,17-/m0/s1. The second-order valence-electron chi connectivity index (χ2n) is 6.39. The molecule has 0 radical (unpaired) electrons. The fraction of sp³-hybridized carbons (Fsp3) is 0.647. The van der Waals surface area contributed by atoms with Crippen molar-refractivity contribution in [1.82, 2.24) is 4.90 Å². The molecule has 0 aromatic heterocycles. The zero-order valence-electron chi connectivity index (χ0n) is 13.1. The van der Waals surface area contributed by atoms with E-state index in [9.17, 15) is 8.78 Å². The number of nitrogens with zero attached hydrogens (tertiary/aromatic N) is 1. The number of hydrogen-bond donors (Lipinski definition) is 0. The predicted octanol–water partition coefficient (Wildman–Crippen LogP) is 3.81. The summed E-state index contributed by atoms with van der Waals surface area (Å²) < 4.78 is 34.8. The summed E-state index contributed by atoms with van der Waals surface area (Å²) in [6.45, 7) is -1.75. The van der Waals surface area contributed by atoms with Crippen LogP contribution in [0.1, 0.15) is 37.7 Å². The first-order valence-corrected chi connectivity index (χ1v) is 7.90. The van der Waals surface area contributed by atoms with Gasteiger partial charge in [-0.25, -0.2) is 0 Å². The van der Waals surface area contributed by atoms with Crippen LogP contribution in [0.4, 0.5) is 8.78 Å². The van der Waals surface area contributed by atoms with Gasteiger partial charge in [0, 0.05) is 11.5 Å². The lowest BCUT2D eigenvalue weighted by molar-refractivity contribution is -0.0512. The van der Waals surface area contributed by atoms with E-state index < -0.39 is 6.61 Å². The van der Waals surface area contributed by atoms with E-state index in [1.807, 2.05) is 12.1 Å². The number of hydrogen-bond acceptors (Lipinski definition) is 3. The Kier molecular flexibility index (Phi) is 4.26. The first-order chi connectivity index (χ1) is 10.6. The monoisotopic (exact) mass is 311 g/mol. The number of benzene rings is 1. The number of ether oxygens (including phenoxy) is 2. The van der Waals surface area contributed by atoms with Crippen LogP contribution in [-0.2, 0) is 5.41 Å². The maximum Gasteiger partial charge on any atom is 0.387 e. The lowest BCUT2D eigenvalue weighted by Gasteiger charge is -2.42. The first-order valence-electron chi connectivity index (χ1n) is 7.90. The number of alkyl halides is 2. The Morgan fingerprint density at radius 3 is 2.77 bits per heavy atom. The highest BCUT2D eigenvalue weighted by molar-refractivity contribution is 5.46. The lowest BCUT2D eigenvalue weighted by Crippen LogP contribution is -2.43. The first kappa shape index (κ1) is 15.5. The van der Waals surface area contributed by atoms with Crippen molar-refractivity contribution in [3.05, 3.63) is 23.8 Å². The Bertz CT molecular complexity index is 533. The van der Waals surface area contributed by atoms with E-state index in [1.165, 1.54) is 31.9 Å². The molecule has 0 N–H and O–H groups in total. The number of likely N-dealkylation sites (N-methyl/N-ethyl adjacent to an activating group) is 1. The van der Waals surface area contributed by atoms with Gasteiger partial charge in [-0.15, -0.1) is 0 Å². The number of rotatable bonds is 4. The summed E-state index contributed by atoms with van der Waals surface area (Å²) in [4.78, 5) is 2.44. The topological polar surface area (TPSA) is 21.7 Å². The van der Waals surface area contributed by atoms with E-state index in [0.717, 1.165) is 19.4 Å². The summed E-state index contributed by atoms with van der Waals surface area (Å²) in [5.41, 5.74) is 1.32. The van der Waals surface area contributed by atoms with Crippen LogP contribution in [-0.4, -0.2) is 38.3 Å². The minimum atomic E-state index is -2.84. The van der Waals surface area contributed by atoms with E-state index >= 15 is 0 Å². The van der Waals surface area contributed by atoms with Crippen LogP contribution in [0.15, 0.2) is 18.2 Å². The molecule has 0 amide bonds. The molecule has 1 saturated heterocycles. The van der Waals surface area contributed by atoms with Gasteiger partial charge in [0.15, 0.2) is 11.5 Å². The molecule has 3 nitrogen and oxygen atoms in total. The summed E-state index contributed by atoms with van der Waals surface area (Å²) in [7, 11) is 3.68. The molecule has 1 aromatic carbocycles. The molecule has 1 saturated carbocycles. The van der Waals surface area contributed by atoms with Crippen molar-refractivity contribution in [1.29, 1.82) is 0 Å². The number of likely N-dealkylation sites (tertiary alicyclic amines) is 1. The predicted molar refractivity (Wildman–Crippen MR) is 80.8 cm³/mol. The summed E-state index contributed by atoms with van der Waals surface area (Å²) in [6.07, 6.45) is 5.96. The highest BCUT2D eigenvalue weighted by Gasteiger charge is 2.48. The van der Waals surface area contributed by atoms with Gasteiger partial charge in [-0.1, -0.05) is 18.9 Å². The molecule has 0 spiro atoms. The number of fused-ring (bicyclic) bond motifs is 1. The van der Waals surface area contributed by atoms with Gasteiger partial charge in [-0.2, -0.15) is 8.78 Å². The van der Waals surface area contributed by atoms with Crippen molar-refractivity contribution in [3.63, 3.8) is 0 Å². The van der Waals surface area contributed by atoms with Gasteiger partial charge in [0.25, 0.3) is 0 Å². The van der Waals surface area contributed by atoms with Crippen LogP contribution < -0.4 is 9.47 Å². The minimum Gasteiger partial charge on any atom is -0.493 e. The molecule has 5 heteroatoms. The van der Waals surface area contributed by atoms with E-state index in [0.29, 0.717) is 11.8 Å². The molecule has 0 bridgehead atoms. The molecule has 0 unspecified atom stereocenters. The lowest BCUT2D eigenvalue weighted by atomic mass is 9.66. The molecule has 1 aliphatic heterocycles. The van der Waals surface area contributed by atoms with Crippen LogP contribution in [0.25, 0.3) is 0 Å². The second-order valence-corrected chi connectivity index (χ2v) is 6.39. The number of methoxy groups -OCH3 is 1. The van der Waals surface area contributed by atoms with Crippen molar-refractivity contribution in [2.45, 2.75) is 50.2 Å². The summed E-state index contributed by atoms with van der Waals surface area (Å²) in [5.74, 6) is 0.502. The Balaban J connectivity index is 1.96. The van der Waals surface area contributed by atoms with Gasteiger partial charge in [-0.3, -0.25) is 0 Å². The SMILES string of the molecule is COc1cc([C@@]23CCCC[C@@H]2N(C)CC3)ccc1OC(F)F. The average Bonchev–Trinajstić information content (AvgIpc) is 2.86. The zero-order chi connectivity index (χ0) is 15.7. The van der Waals surface area contributed by atoms with Gasteiger partial charge in [0.1, 0.15) is 0 Å². The molecule has 1 aromatic rings. The molecular weight excluding hydrogens is 288 g/mol. The largest absolute Gasteiger partial charge is 0.493 e. The van der Waals surface area contributed by atoms with Crippen molar-refractivity contribution in [2.75, 3.05) is 20.7 Å². The third-order valence-electron chi connectivity index (χ3n) is 5.39. The van der Waals surface area contributed by atoms with E-state index in [2.05, 4.69) is 16.7 Å². The van der Waals surface area contributed by atoms with Gasteiger partial charge in [0.2, 0.25) is 0 Å². The van der Waals surface area contributed by atoms with Crippen molar-refractivity contribution in [2.24, 2.45) is 0 Å². The molecule has 22 heavy (non-hydrogen) atoms. The fourth-order valence-electron chi connectivity index (χ4n) is 4.34. The average molecular weight is 311 g/mol. The summed E-state index contributed by atoms with van der Waals surface area (Å²) in [5, 5.41) is 0. The van der Waals surface area contributed by atoms with Crippen LogP contribution in [0.2, 0.25) is 0 Å². The van der Waals surface area contributed by atoms with E-state index in [4.69, 9.17) is 4.74 Å². The molecular formula is C17H23F2NO2. The third kappa shape index (κ3) is 2.56. The molecule has 1 heterocycles. The normalized spacial score (nSPS) is 28.7. The Morgan fingerprint density at radius 1 is 1.23 bits per heavy atom. The number of halogens is 2. The Morgan fingerprint density at radius 2 is 2.05 bits per heavy atom. The maximum absolute atomic E-state index is 12.5. The second kappa shape index (κ2) is 6.03. The van der Waals surface area contributed by atoms with Crippen LogP contribution in [0.3, 0.4) is 0 Å². The zero-order valence-corrected chi connectivity index (χ0v) is 13.1. The molecule has 2 atom stereocenters. The van der Waals surface area contributed by atoms with Crippen LogP contribution >= 0.6 is 0 Å². The highest BCUT2D eigenvalue weighted by atomic mass is 19.3. The van der Waals surface area contributed by atoms with Gasteiger partial charge in [-0.05, 0) is 50.6 Å². The van der Waals surface area contributed by atoms with E-state index in [1.54, 1.807) is 6.07 Å². The van der Waals surface area contributed by atoms with E-state index in [-0.39, 0.29) is 11.2 Å². The van der Waals surface area contributed by atoms with Crippen molar-refractivity contribution >= 4 is 0 Å². The van der Waals surface area contributed by atoms with Crippen LogP contribution in [0, 0.1) is 0 Å². The third-order valence-corrected chi connectivity index (χ3v) is 5.39. The molecule has 2 fully saturated rings. The Labute approximate surface area is 130 Å². The molecule has 1 aliphatic carbocycles. The maximum atomic E-state index is 12.5. The molecule has 2 aliphatic rings. The quantitative estimate of drug-likeness (QED) is 0.844. The van der Waals surface area contributed by atoms with Crippen LogP contribution in [0.5, 0.6) is 11.5 Å². The Hall–Kier alpha value is -1.36. The molecule has 3 rings (SSSR count). The highest BCUT2D eigenvalue weighted by Crippen LogP contribution is 2.49. The summed E-state index contributed by atoms with van der Waals surface area (Å²) >= 11 is 0. The summed E-state index contributed by atoms with van der Waals surface area (Å²) in [6, 6.07) is 6.00. The van der Waals surface area contributed by atoms with Crippen molar-refractivity contribution < 1.29 is 18.3 Å².